The van der Waals surface area contributed by atoms with E-state index in [-0.39, 0.29) is 5.97 Å². The van der Waals surface area contributed by atoms with Gasteiger partial charge in [0.15, 0.2) is 11.5 Å². The molecule has 0 aliphatic heterocycles. The summed E-state index contributed by atoms with van der Waals surface area (Å²) in [5.41, 5.74) is 0.508. The van der Waals surface area contributed by atoms with E-state index in [1.165, 1.54) is 7.11 Å². The van der Waals surface area contributed by atoms with E-state index < -0.39 is 5.41 Å². The van der Waals surface area contributed by atoms with Gasteiger partial charge in [0.1, 0.15) is 0 Å². The quantitative estimate of drug-likeness (QED) is 0.775. The van der Waals surface area contributed by atoms with Gasteiger partial charge in [-0.25, -0.2) is 0 Å². The zero-order valence-electron chi connectivity index (χ0n) is 12.8. The molecular weight excluding hydrogens is 258 g/mol. The van der Waals surface area contributed by atoms with Crippen LogP contribution in [0.4, 0.5) is 0 Å². The molecular formula is C15H23NO4. The standard InChI is InChI=1S/C15H23NO4/c1-15(2,14(17)20-5)10-16-9-11-6-7-12(18-3)13(8-11)19-4/h6-8,16H,9-10H2,1-5H3. The van der Waals surface area contributed by atoms with E-state index in [1.54, 1.807) is 14.2 Å². The number of carbonyl (C=O) groups is 1. The summed E-state index contributed by atoms with van der Waals surface area (Å²) in [5.74, 6) is 1.17. The van der Waals surface area contributed by atoms with E-state index in [0.717, 1.165) is 5.56 Å². The Morgan fingerprint density at radius 1 is 1.15 bits per heavy atom. The van der Waals surface area contributed by atoms with Crippen molar-refractivity contribution >= 4 is 5.97 Å². The first-order valence-corrected chi connectivity index (χ1v) is 6.44. The van der Waals surface area contributed by atoms with Crippen molar-refractivity contribution in [3.8, 4) is 11.5 Å². The first-order chi connectivity index (χ1) is 9.44. The van der Waals surface area contributed by atoms with Gasteiger partial charge in [-0.3, -0.25) is 4.79 Å². The van der Waals surface area contributed by atoms with Gasteiger partial charge in [0, 0.05) is 13.1 Å². The Morgan fingerprint density at radius 2 is 1.80 bits per heavy atom. The molecule has 0 amide bonds. The van der Waals surface area contributed by atoms with E-state index in [4.69, 9.17) is 14.2 Å². The van der Waals surface area contributed by atoms with E-state index in [1.807, 2.05) is 32.0 Å². The van der Waals surface area contributed by atoms with Crippen LogP contribution in [0.25, 0.3) is 0 Å². The monoisotopic (exact) mass is 281 g/mol. The van der Waals surface area contributed by atoms with Gasteiger partial charge in [-0.2, -0.15) is 0 Å². The van der Waals surface area contributed by atoms with Crippen LogP contribution in [-0.2, 0) is 16.1 Å². The number of esters is 1. The molecule has 1 rings (SSSR count). The normalized spacial score (nSPS) is 11.1. The molecule has 1 aromatic rings. The molecule has 0 aromatic heterocycles. The zero-order valence-corrected chi connectivity index (χ0v) is 12.8. The lowest BCUT2D eigenvalue weighted by atomic mass is 9.93. The Hall–Kier alpha value is -1.75. The summed E-state index contributed by atoms with van der Waals surface area (Å²) >= 11 is 0. The number of methoxy groups -OCH3 is 3. The smallest absolute Gasteiger partial charge is 0.312 e. The molecule has 1 N–H and O–H groups in total. The Morgan fingerprint density at radius 3 is 2.35 bits per heavy atom. The average Bonchev–Trinajstić information content (AvgIpc) is 2.45. The van der Waals surface area contributed by atoms with E-state index in [9.17, 15) is 4.79 Å². The topological polar surface area (TPSA) is 56.8 Å². The maximum Gasteiger partial charge on any atom is 0.312 e. The van der Waals surface area contributed by atoms with E-state index in [0.29, 0.717) is 24.6 Å². The molecule has 0 heterocycles. The molecule has 1 aromatic carbocycles. The highest BCUT2D eigenvalue weighted by atomic mass is 16.5. The van der Waals surface area contributed by atoms with Crippen LogP contribution >= 0.6 is 0 Å². The highest BCUT2D eigenvalue weighted by Gasteiger charge is 2.27. The summed E-state index contributed by atoms with van der Waals surface area (Å²) in [6.45, 7) is 4.87. The molecule has 0 aliphatic rings. The van der Waals surface area contributed by atoms with Gasteiger partial charge >= 0.3 is 5.97 Å². The predicted octanol–water partition coefficient (Wildman–Crippen LogP) is 1.99. The van der Waals surface area contributed by atoms with E-state index >= 15 is 0 Å². The largest absolute Gasteiger partial charge is 0.493 e. The van der Waals surface area contributed by atoms with Crippen LogP contribution in [0.2, 0.25) is 0 Å². The lowest BCUT2D eigenvalue weighted by molar-refractivity contribution is -0.150. The summed E-state index contributed by atoms with van der Waals surface area (Å²) in [6.07, 6.45) is 0. The van der Waals surface area contributed by atoms with Crippen molar-refractivity contribution in [2.75, 3.05) is 27.9 Å². The Kier molecular flexibility index (Phi) is 5.82. The summed E-state index contributed by atoms with van der Waals surface area (Å²) in [4.78, 5) is 11.6. The summed E-state index contributed by atoms with van der Waals surface area (Å²) in [5, 5.41) is 3.25. The summed E-state index contributed by atoms with van der Waals surface area (Å²) in [7, 11) is 4.61. The van der Waals surface area contributed by atoms with Crippen molar-refractivity contribution in [2.24, 2.45) is 5.41 Å². The van der Waals surface area contributed by atoms with Crippen molar-refractivity contribution in [1.29, 1.82) is 0 Å². The third-order valence-electron chi connectivity index (χ3n) is 3.08. The molecule has 112 valence electrons. The SMILES string of the molecule is COC(=O)C(C)(C)CNCc1ccc(OC)c(OC)c1. The van der Waals surface area contributed by atoms with Crippen molar-refractivity contribution < 1.29 is 19.0 Å². The molecule has 0 atom stereocenters. The zero-order chi connectivity index (χ0) is 15.2. The molecule has 0 bridgehead atoms. The van der Waals surface area contributed by atoms with Crippen molar-refractivity contribution in [3.63, 3.8) is 0 Å². The third-order valence-corrected chi connectivity index (χ3v) is 3.08. The van der Waals surface area contributed by atoms with Gasteiger partial charge in [-0.1, -0.05) is 6.07 Å². The average molecular weight is 281 g/mol. The second-order valence-electron chi connectivity index (χ2n) is 5.17. The fraction of sp³-hybridized carbons (Fsp3) is 0.533. The molecule has 0 radical (unpaired) electrons. The molecule has 0 unspecified atom stereocenters. The molecule has 0 aliphatic carbocycles. The maximum absolute atomic E-state index is 11.6. The van der Waals surface area contributed by atoms with Crippen LogP contribution in [0.3, 0.4) is 0 Å². The number of benzene rings is 1. The Bertz CT molecular complexity index is 457. The van der Waals surface area contributed by atoms with Crippen molar-refractivity contribution in [1.82, 2.24) is 5.32 Å². The molecule has 0 fully saturated rings. The van der Waals surface area contributed by atoms with Crippen molar-refractivity contribution in [3.05, 3.63) is 23.8 Å². The predicted molar refractivity (Wildman–Crippen MR) is 77.0 cm³/mol. The van der Waals surface area contributed by atoms with Crippen LogP contribution in [0.5, 0.6) is 11.5 Å². The van der Waals surface area contributed by atoms with Crippen LogP contribution in [0.1, 0.15) is 19.4 Å². The van der Waals surface area contributed by atoms with E-state index in [2.05, 4.69) is 5.32 Å². The number of carbonyl (C=O) groups excluding carboxylic acids is 1. The van der Waals surface area contributed by atoms with Crippen LogP contribution in [0.15, 0.2) is 18.2 Å². The molecule has 0 saturated heterocycles. The number of rotatable bonds is 7. The molecule has 5 nitrogen and oxygen atoms in total. The molecule has 0 saturated carbocycles. The third kappa shape index (κ3) is 4.13. The van der Waals surface area contributed by atoms with Gasteiger partial charge in [0.25, 0.3) is 0 Å². The minimum atomic E-state index is -0.550. The Labute approximate surface area is 120 Å². The van der Waals surface area contributed by atoms with Crippen LogP contribution in [-0.4, -0.2) is 33.8 Å². The minimum absolute atomic E-state index is 0.225. The summed E-state index contributed by atoms with van der Waals surface area (Å²) in [6, 6.07) is 5.73. The molecule has 20 heavy (non-hydrogen) atoms. The van der Waals surface area contributed by atoms with Crippen LogP contribution in [0, 0.1) is 5.41 Å². The molecule has 5 heteroatoms. The maximum atomic E-state index is 11.6. The van der Waals surface area contributed by atoms with Gasteiger partial charge in [0.05, 0.1) is 26.7 Å². The second kappa shape index (κ2) is 7.14. The van der Waals surface area contributed by atoms with Crippen LogP contribution < -0.4 is 14.8 Å². The first kappa shape index (κ1) is 16.3. The number of hydrogen-bond donors (Lipinski definition) is 1. The highest BCUT2D eigenvalue weighted by molar-refractivity contribution is 5.76. The lowest BCUT2D eigenvalue weighted by Crippen LogP contribution is -2.36. The first-order valence-electron chi connectivity index (χ1n) is 6.44. The Balaban J connectivity index is 2.60. The van der Waals surface area contributed by atoms with Gasteiger partial charge < -0.3 is 19.5 Å². The number of ether oxygens (including phenoxy) is 3. The molecule has 0 spiro atoms. The van der Waals surface area contributed by atoms with Gasteiger partial charge in [0.2, 0.25) is 0 Å². The fourth-order valence-electron chi connectivity index (χ4n) is 1.86. The van der Waals surface area contributed by atoms with Gasteiger partial charge in [-0.05, 0) is 31.5 Å². The minimum Gasteiger partial charge on any atom is -0.493 e. The highest BCUT2D eigenvalue weighted by Crippen LogP contribution is 2.27. The second-order valence-corrected chi connectivity index (χ2v) is 5.17. The van der Waals surface area contributed by atoms with Crippen molar-refractivity contribution in [2.45, 2.75) is 20.4 Å². The fourth-order valence-corrected chi connectivity index (χ4v) is 1.86. The van der Waals surface area contributed by atoms with Gasteiger partial charge in [-0.15, -0.1) is 0 Å². The lowest BCUT2D eigenvalue weighted by Gasteiger charge is -2.22. The number of hydrogen-bond acceptors (Lipinski definition) is 5. The number of nitrogens with one attached hydrogen (secondary N) is 1. The summed E-state index contributed by atoms with van der Waals surface area (Å²) < 4.78 is 15.2.